The van der Waals surface area contributed by atoms with Crippen LogP contribution in [-0.2, 0) is 11.2 Å². The fourth-order valence-electron chi connectivity index (χ4n) is 5.06. The van der Waals surface area contributed by atoms with Crippen LogP contribution in [0.15, 0.2) is 65.1 Å². The highest BCUT2D eigenvalue weighted by Crippen LogP contribution is 2.40. The van der Waals surface area contributed by atoms with Crippen LogP contribution in [0.1, 0.15) is 33.7 Å². The predicted molar refractivity (Wildman–Crippen MR) is 143 cm³/mol. The standard InChI is InChI=1S/C31H31NO5/c1-21-4-6-23(7-5-21)30(33)31-29(26-19-24-3-2-15-36-27(24)20-28(26)37-31)22-8-10-25(11-9-22)35-18-14-32-12-16-34-17-13-32/h4-11,19-20H,2-3,12-18H2,1H3. The van der Waals surface area contributed by atoms with Crippen molar-refractivity contribution in [2.45, 2.75) is 19.8 Å². The minimum absolute atomic E-state index is 0.129. The molecule has 6 nitrogen and oxygen atoms in total. The number of ketones is 1. The van der Waals surface area contributed by atoms with Gasteiger partial charge in [0, 0.05) is 42.2 Å². The summed E-state index contributed by atoms with van der Waals surface area (Å²) in [4.78, 5) is 16.0. The van der Waals surface area contributed by atoms with Gasteiger partial charge in [0.25, 0.3) is 0 Å². The molecule has 1 saturated heterocycles. The number of furan rings is 1. The van der Waals surface area contributed by atoms with E-state index < -0.39 is 0 Å². The van der Waals surface area contributed by atoms with Crippen LogP contribution in [0.2, 0.25) is 0 Å². The Bertz CT molecular complexity index is 1400. The van der Waals surface area contributed by atoms with Crippen LogP contribution in [0.25, 0.3) is 22.1 Å². The van der Waals surface area contributed by atoms with Crippen molar-refractivity contribution in [1.29, 1.82) is 0 Å². The summed E-state index contributed by atoms with van der Waals surface area (Å²) in [6.07, 6.45) is 1.93. The number of nitrogens with zero attached hydrogens (tertiary/aromatic N) is 1. The van der Waals surface area contributed by atoms with Crippen LogP contribution < -0.4 is 9.47 Å². The van der Waals surface area contributed by atoms with Gasteiger partial charge in [-0.3, -0.25) is 9.69 Å². The van der Waals surface area contributed by atoms with Crippen molar-refractivity contribution >= 4 is 16.8 Å². The van der Waals surface area contributed by atoms with Crippen molar-refractivity contribution < 1.29 is 23.4 Å². The Morgan fingerprint density at radius 1 is 0.973 bits per heavy atom. The largest absolute Gasteiger partial charge is 0.493 e. The summed E-state index contributed by atoms with van der Waals surface area (Å²) in [7, 11) is 0. The molecule has 0 atom stereocenters. The number of benzene rings is 3. The molecule has 2 aliphatic rings. The van der Waals surface area contributed by atoms with Crippen LogP contribution >= 0.6 is 0 Å². The fourth-order valence-corrected chi connectivity index (χ4v) is 5.06. The highest BCUT2D eigenvalue weighted by molar-refractivity contribution is 6.15. The Hall–Kier alpha value is -3.61. The van der Waals surface area contributed by atoms with Crippen LogP contribution in [0.5, 0.6) is 11.5 Å². The lowest BCUT2D eigenvalue weighted by Gasteiger charge is -2.26. The third kappa shape index (κ3) is 4.99. The molecule has 0 radical (unpaired) electrons. The van der Waals surface area contributed by atoms with E-state index in [-0.39, 0.29) is 5.78 Å². The van der Waals surface area contributed by atoms with Gasteiger partial charge in [-0.2, -0.15) is 0 Å². The van der Waals surface area contributed by atoms with Gasteiger partial charge in [0.05, 0.1) is 19.8 Å². The van der Waals surface area contributed by atoms with E-state index in [2.05, 4.69) is 11.0 Å². The smallest absolute Gasteiger partial charge is 0.228 e. The van der Waals surface area contributed by atoms with Gasteiger partial charge in [-0.1, -0.05) is 42.0 Å². The van der Waals surface area contributed by atoms with E-state index in [1.165, 1.54) is 0 Å². The Kier molecular flexibility index (Phi) is 6.68. The monoisotopic (exact) mass is 497 g/mol. The van der Waals surface area contributed by atoms with Gasteiger partial charge >= 0.3 is 0 Å². The van der Waals surface area contributed by atoms with E-state index in [1.807, 2.05) is 61.5 Å². The van der Waals surface area contributed by atoms with Crippen molar-refractivity contribution in [3.63, 3.8) is 0 Å². The highest BCUT2D eigenvalue weighted by atomic mass is 16.5. The first-order valence-corrected chi connectivity index (χ1v) is 13.0. The van der Waals surface area contributed by atoms with Crippen LogP contribution in [0.3, 0.4) is 0 Å². The first-order valence-electron chi connectivity index (χ1n) is 13.0. The third-order valence-corrected chi connectivity index (χ3v) is 7.16. The first-order chi connectivity index (χ1) is 18.2. The lowest BCUT2D eigenvalue weighted by Crippen LogP contribution is -2.38. The molecule has 190 valence electrons. The van der Waals surface area contributed by atoms with E-state index in [4.69, 9.17) is 18.6 Å². The van der Waals surface area contributed by atoms with E-state index in [9.17, 15) is 4.79 Å². The zero-order chi connectivity index (χ0) is 25.2. The van der Waals surface area contributed by atoms with Crippen molar-refractivity contribution in [3.8, 4) is 22.6 Å². The molecule has 0 bridgehead atoms. The lowest BCUT2D eigenvalue weighted by molar-refractivity contribution is 0.0322. The maximum atomic E-state index is 13.6. The van der Waals surface area contributed by atoms with E-state index in [1.54, 1.807) is 0 Å². The number of ether oxygens (including phenoxy) is 3. The number of rotatable bonds is 7. The minimum atomic E-state index is -0.129. The van der Waals surface area contributed by atoms with E-state index in [0.717, 1.165) is 84.8 Å². The SMILES string of the molecule is Cc1ccc(C(=O)c2oc3cc4c(cc3c2-c2ccc(OCCN3CCOCC3)cc2)CCCO4)cc1. The molecular weight excluding hydrogens is 466 g/mol. The van der Waals surface area contributed by atoms with E-state index >= 15 is 0 Å². The van der Waals surface area contributed by atoms with Crippen LogP contribution in [-0.4, -0.2) is 56.7 Å². The second-order valence-electron chi connectivity index (χ2n) is 9.74. The Balaban J connectivity index is 1.32. The van der Waals surface area contributed by atoms with Gasteiger partial charge in [-0.05, 0) is 49.1 Å². The van der Waals surface area contributed by atoms with Gasteiger partial charge < -0.3 is 18.6 Å². The predicted octanol–water partition coefficient (Wildman–Crippen LogP) is 5.68. The molecule has 6 rings (SSSR count). The number of carbonyl (C=O) groups is 1. The fraction of sp³-hybridized carbons (Fsp3) is 0.323. The second-order valence-corrected chi connectivity index (χ2v) is 9.74. The number of hydrogen-bond acceptors (Lipinski definition) is 6. The quantitative estimate of drug-likeness (QED) is 0.307. The molecule has 0 saturated carbocycles. The second kappa shape index (κ2) is 10.4. The van der Waals surface area contributed by atoms with Gasteiger partial charge in [-0.15, -0.1) is 0 Å². The zero-order valence-electron chi connectivity index (χ0n) is 21.1. The summed E-state index contributed by atoms with van der Waals surface area (Å²) in [6, 6.07) is 19.6. The third-order valence-electron chi connectivity index (χ3n) is 7.16. The average molecular weight is 498 g/mol. The molecule has 6 heteroatoms. The van der Waals surface area contributed by atoms with Gasteiger partial charge in [0.2, 0.25) is 5.78 Å². The molecule has 0 aliphatic carbocycles. The van der Waals surface area contributed by atoms with E-state index in [0.29, 0.717) is 30.1 Å². The summed E-state index contributed by atoms with van der Waals surface area (Å²) in [6.45, 7) is 7.67. The summed E-state index contributed by atoms with van der Waals surface area (Å²) >= 11 is 0. The maximum Gasteiger partial charge on any atom is 0.228 e. The zero-order valence-corrected chi connectivity index (χ0v) is 21.1. The van der Waals surface area contributed by atoms with Crippen LogP contribution in [0, 0.1) is 6.92 Å². The Morgan fingerprint density at radius 3 is 2.54 bits per heavy atom. The Morgan fingerprint density at radius 2 is 1.76 bits per heavy atom. The number of fused-ring (bicyclic) bond motifs is 2. The minimum Gasteiger partial charge on any atom is -0.493 e. The topological polar surface area (TPSA) is 61.1 Å². The van der Waals surface area contributed by atoms with Gasteiger partial charge in [-0.25, -0.2) is 0 Å². The maximum absolute atomic E-state index is 13.6. The molecule has 37 heavy (non-hydrogen) atoms. The summed E-state index contributed by atoms with van der Waals surface area (Å²) < 4.78 is 23.5. The normalized spacial score (nSPS) is 15.8. The van der Waals surface area contributed by atoms with Crippen molar-refractivity contribution in [1.82, 2.24) is 4.90 Å². The molecule has 0 amide bonds. The Labute approximate surface area is 216 Å². The molecule has 3 heterocycles. The first kappa shape index (κ1) is 23.8. The molecule has 0 N–H and O–H groups in total. The molecule has 2 aliphatic heterocycles. The number of hydrogen-bond donors (Lipinski definition) is 0. The molecule has 0 spiro atoms. The lowest BCUT2D eigenvalue weighted by atomic mass is 9.95. The van der Waals surface area contributed by atoms with Gasteiger partial charge in [0.15, 0.2) is 5.76 Å². The van der Waals surface area contributed by atoms with Crippen molar-refractivity contribution in [2.75, 3.05) is 46.1 Å². The molecular formula is C31H31NO5. The molecule has 1 aromatic heterocycles. The molecule has 1 fully saturated rings. The van der Waals surface area contributed by atoms with Crippen molar-refractivity contribution in [2.24, 2.45) is 0 Å². The van der Waals surface area contributed by atoms with Gasteiger partial charge in [0.1, 0.15) is 23.7 Å². The summed E-state index contributed by atoms with van der Waals surface area (Å²) in [5.74, 6) is 1.87. The van der Waals surface area contributed by atoms with Crippen LogP contribution in [0.4, 0.5) is 0 Å². The molecule has 4 aromatic rings. The van der Waals surface area contributed by atoms with Crippen molar-refractivity contribution in [3.05, 3.63) is 83.1 Å². The number of morpholine rings is 1. The summed E-state index contributed by atoms with van der Waals surface area (Å²) in [5.41, 5.74) is 5.26. The molecule has 0 unspecified atom stereocenters. The number of carbonyl (C=O) groups excluding carboxylic acids is 1. The highest BCUT2D eigenvalue weighted by Gasteiger charge is 2.25. The number of aryl methyl sites for hydroxylation is 2. The summed E-state index contributed by atoms with van der Waals surface area (Å²) in [5, 5.41) is 0.931. The molecule has 3 aromatic carbocycles. The average Bonchev–Trinajstić information content (AvgIpc) is 3.31.